The van der Waals surface area contributed by atoms with Crippen LogP contribution in [-0.4, -0.2) is 29.5 Å². The van der Waals surface area contributed by atoms with Gasteiger partial charge in [0.2, 0.25) is 5.91 Å². The minimum absolute atomic E-state index is 0.155. The number of amides is 2. The van der Waals surface area contributed by atoms with E-state index in [2.05, 4.69) is 47.8 Å². The highest BCUT2D eigenvalue weighted by atomic mass is 127. The predicted octanol–water partition coefficient (Wildman–Crippen LogP) is 5.15. The summed E-state index contributed by atoms with van der Waals surface area (Å²) in [5.41, 5.74) is 2.83. The zero-order chi connectivity index (χ0) is 20.1. The van der Waals surface area contributed by atoms with Gasteiger partial charge in [-0.25, -0.2) is 4.79 Å². The molecule has 2 amide bonds. The minimum atomic E-state index is -0.498. The largest absolute Gasteiger partial charge is 0.445 e. The van der Waals surface area contributed by atoms with Crippen molar-refractivity contribution < 1.29 is 14.3 Å². The van der Waals surface area contributed by atoms with E-state index >= 15 is 0 Å². The Balaban J connectivity index is 1.65. The van der Waals surface area contributed by atoms with Gasteiger partial charge in [-0.05, 0) is 70.7 Å². The molecule has 0 saturated carbocycles. The summed E-state index contributed by atoms with van der Waals surface area (Å²) in [6, 6.07) is 15.0. The first-order chi connectivity index (χ1) is 13.5. The van der Waals surface area contributed by atoms with Crippen LogP contribution in [0, 0.1) is 3.57 Å². The zero-order valence-electron chi connectivity index (χ0n) is 16.2. The van der Waals surface area contributed by atoms with Gasteiger partial charge in [0.05, 0.1) is 0 Å². The molecular weight excluding hydrogens is 467 g/mol. The second-order valence-corrected chi connectivity index (χ2v) is 8.51. The predicted molar refractivity (Wildman–Crippen MR) is 118 cm³/mol. The molecule has 2 aromatic carbocycles. The molecule has 1 aliphatic heterocycles. The lowest BCUT2D eigenvalue weighted by Gasteiger charge is -2.24. The molecule has 1 fully saturated rings. The van der Waals surface area contributed by atoms with Crippen molar-refractivity contribution in [2.75, 3.05) is 11.9 Å². The number of rotatable bonds is 5. The molecule has 1 heterocycles. The first kappa shape index (κ1) is 20.6. The molecule has 5 nitrogen and oxygen atoms in total. The number of nitrogens with one attached hydrogen (secondary N) is 1. The number of halogens is 1. The highest BCUT2D eigenvalue weighted by Gasteiger charge is 2.35. The average Bonchev–Trinajstić information content (AvgIpc) is 3.18. The van der Waals surface area contributed by atoms with E-state index in [9.17, 15) is 9.59 Å². The third-order valence-electron chi connectivity index (χ3n) is 4.89. The minimum Gasteiger partial charge on any atom is -0.445 e. The van der Waals surface area contributed by atoms with Crippen LogP contribution in [0.15, 0.2) is 48.5 Å². The summed E-state index contributed by atoms with van der Waals surface area (Å²) in [4.78, 5) is 27.0. The fourth-order valence-electron chi connectivity index (χ4n) is 3.40. The lowest BCUT2D eigenvalue weighted by atomic mass is 10.0. The van der Waals surface area contributed by atoms with E-state index in [0.29, 0.717) is 18.9 Å². The average molecular weight is 492 g/mol. The first-order valence-electron chi connectivity index (χ1n) is 9.53. The van der Waals surface area contributed by atoms with Gasteiger partial charge >= 0.3 is 6.09 Å². The number of hydrogen-bond acceptors (Lipinski definition) is 3. The molecule has 3 rings (SSSR count). The van der Waals surface area contributed by atoms with Gasteiger partial charge in [-0.15, -0.1) is 0 Å². The summed E-state index contributed by atoms with van der Waals surface area (Å²) in [5, 5.41) is 3.03. The monoisotopic (exact) mass is 492 g/mol. The van der Waals surface area contributed by atoms with Gasteiger partial charge in [-0.1, -0.05) is 44.2 Å². The summed E-state index contributed by atoms with van der Waals surface area (Å²) in [5.74, 6) is 0.137. The quantitative estimate of drug-likeness (QED) is 0.588. The number of benzene rings is 2. The van der Waals surface area contributed by atoms with Crippen molar-refractivity contribution in [3.05, 3.63) is 63.2 Å². The molecule has 1 aliphatic rings. The first-order valence-corrected chi connectivity index (χ1v) is 10.6. The number of carbonyl (C=O) groups excluding carboxylic acids is 2. The van der Waals surface area contributed by atoms with Crippen LogP contribution < -0.4 is 5.32 Å². The van der Waals surface area contributed by atoms with Gasteiger partial charge in [-0.2, -0.15) is 0 Å². The molecule has 0 aromatic heterocycles. The van der Waals surface area contributed by atoms with Gasteiger partial charge in [0, 0.05) is 15.8 Å². The Morgan fingerprint density at radius 2 is 1.96 bits per heavy atom. The van der Waals surface area contributed by atoms with Crippen molar-refractivity contribution in [2.24, 2.45) is 0 Å². The van der Waals surface area contributed by atoms with Crippen molar-refractivity contribution in [3.8, 4) is 0 Å². The van der Waals surface area contributed by atoms with E-state index in [1.165, 1.54) is 0 Å². The van der Waals surface area contributed by atoms with Crippen LogP contribution in [0.2, 0.25) is 0 Å². The Kier molecular flexibility index (Phi) is 6.93. The van der Waals surface area contributed by atoms with Gasteiger partial charge in [0.15, 0.2) is 0 Å². The lowest BCUT2D eigenvalue weighted by Crippen LogP contribution is -2.43. The number of likely N-dealkylation sites (tertiary alicyclic amines) is 1. The van der Waals surface area contributed by atoms with Crippen molar-refractivity contribution in [2.45, 2.75) is 45.3 Å². The number of ether oxygens (including phenoxy) is 1. The van der Waals surface area contributed by atoms with E-state index in [0.717, 1.165) is 26.8 Å². The van der Waals surface area contributed by atoms with Gasteiger partial charge < -0.3 is 10.1 Å². The summed E-state index contributed by atoms with van der Waals surface area (Å²) in [6.07, 6.45) is 1.00. The number of nitrogens with zero attached hydrogens (tertiary/aromatic N) is 1. The van der Waals surface area contributed by atoms with E-state index in [1.54, 1.807) is 4.90 Å². The second-order valence-electron chi connectivity index (χ2n) is 7.27. The Bertz CT molecular complexity index is 839. The van der Waals surface area contributed by atoms with Crippen LogP contribution in [0.25, 0.3) is 0 Å². The Morgan fingerprint density at radius 3 is 2.68 bits per heavy atom. The van der Waals surface area contributed by atoms with Crippen molar-refractivity contribution in [1.29, 1.82) is 0 Å². The molecule has 1 atom stereocenters. The normalized spacial score (nSPS) is 16.3. The molecule has 148 valence electrons. The summed E-state index contributed by atoms with van der Waals surface area (Å²) in [6.45, 7) is 4.95. The Labute approximate surface area is 179 Å². The summed E-state index contributed by atoms with van der Waals surface area (Å²) >= 11 is 2.27. The molecule has 0 bridgehead atoms. The summed E-state index contributed by atoms with van der Waals surface area (Å²) < 4.78 is 6.56. The van der Waals surface area contributed by atoms with Crippen LogP contribution in [0.3, 0.4) is 0 Å². The Hall–Kier alpha value is -2.09. The van der Waals surface area contributed by atoms with Crippen LogP contribution >= 0.6 is 22.6 Å². The molecule has 28 heavy (non-hydrogen) atoms. The Morgan fingerprint density at radius 1 is 1.21 bits per heavy atom. The van der Waals surface area contributed by atoms with Gasteiger partial charge in [0.25, 0.3) is 0 Å². The number of hydrogen-bond donors (Lipinski definition) is 1. The molecule has 1 saturated heterocycles. The van der Waals surface area contributed by atoms with Crippen LogP contribution in [-0.2, 0) is 16.1 Å². The van der Waals surface area contributed by atoms with Gasteiger partial charge in [-0.3, -0.25) is 9.69 Å². The zero-order valence-corrected chi connectivity index (χ0v) is 18.3. The standard InChI is InChI=1S/C22H25IN2O3/c1-15(2)18-13-17(23)10-11-19(18)24-21(26)20-9-6-12-25(20)22(27)28-14-16-7-4-3-5-8-16/h3-5,7-8,10-11,13,15,20H,6,9,12,14H2,1-2H3,(H,24,26)/t20-/m1/s1. The third kappa shape index (κ3) is 5.04. The molecule has 0 aliphatic carbocycles. The van der Waals surface area contributed by atoms with Crippen LogP contribution in [0.1, 0.15) is 43.7 Å². The highest BCUT2D eigenvalue weighted by molar-refractivity contribution is 14.1. The maximum absolute atomic E-state index is 12.9. The van der Waals surface area contributed by atoms with E-state index < -0.39 is 12.1 Å². The fraction of sp³-hybridized carbons (Fsp3) is 0.364. The topological polar surface area (TPSA) is 58.6 Å². The molecule has 1 N–H and O–H groups in total. The molecule has 2 aromatic rings. The lowest BCUT2D eigenvalue weighted by molar-refractivity contribution is -0.120. The molecule has 0 radical (unpaired) electrons. The highest BCUT2D eigenvalue weighted by Crippen LogP contribution is 2.28. The smallest absolute Gasteiger partial charge is 0.410 e. The van der Waals surface area contributed by atoms with Crippen LogP contribution in [0.4, 0.5) is 10.5 Å². The van der Waals surface area contributed by atoms with Crippen molar-refractivity contribution in [1.82, 2.24) is 4.90 Å². The van der Waals surface area contributed by atoms with Crippen LogP contribution in [0.5, 0.6) is 0 Å². The van der Waals surface area contributed by atoms with Crippen molar-refractivity contribution in [3.63, 3.8) is 0 Å². The SMILES string of the molecule is CC(C)c1cc(I)ccc1NC(=O)[C@H]1CCCN1C(=O)OCc1ccccc1. The fourth-order valence-corrected chi connectivity index (χ4v) is 3.92. The molecule has 6 heteroatoms. The number of anilines is 1. The second kappa shape index (κ2) is 9.41. The molecule has 0 unspecified atom stereocenters. The maximum atomic E-state index is 12.9. The van der Waals surface area contributed by atoms with Gasteiger partial charge in [0.1, 0.15) is 12.6 Å². The number of carbonyl (C=O) groups is 2. The third-order valence-corrected chi connectivity index (χ3v) is 5.56. The molecule has 0 spiro atoms. The molecular formula is C22H25IN2O3. The van der Waals surface area contributed by atoms with E-state index in [4.69, 9.17) is 4.74 Å². The maximum Gasteiger partial charge on any atom is 0.410 e. The van der Waals surface area contributed by atoms with E-state index in [-0.39, 0.29) is 12.5 Å². The van der Waals surface area contributed by atoms with Crippen molar-refractivity contribution >= 4 is 40.3 Å². The summed E-state index contributed by atoms with van der Waals surface area (Å²) in [7, 11) is 0. The van der Waals surface area contributed by atoms with E-state index in [1.807, 2.05) is 42.5 Å².